The summed E-state index contributed by atoms with van der Waals surface area (Å²) in [6, 6.07) is 5.58. The molecule has 0 spiro atoms. The SMILES string of the molecule is Cc1ccc2c(c1)C(=O)OC(C(=O)Nc1nccs1)C2. The number of hydrogen-bond donors (Lipinski definition) is 1. The summed E-state index contributed by atoms with van der Waals surface area (Å²) in [6.45, 7) is 1.91. The molecule has 1 aliphatic rings. The highest BCUT2D eigenvalue weighted by molar-refractivity contribution is 7.13. The highest BCUT2D eigenvalue weighted by Crippen LogP contribution is 2.23. The molecular formula is C14H12N2O3S. The van der Waals surface area contributed by atoms with Crippen molar-refractivity contribution in [2.75, 3.05) is 5.32 Å². The van der Waals surface area contributed by atoms with Crippen molar-refractivity contribution < 1.29 is 14.3 Å². The number of anilines is 1. The van der Waals surface area contributed by atoms with E-state index in [1.165, 1.54) is 11.3 Å². The number of carbonyl (C=O) groups excluding carboxylic acids is 2. The Bertz CT molecular complexity index is 667. The van der Waals surface area contributed by atoms with E-state index >= 15 is 0 Å². The molecule has 1 unspecified atom stereocenters. The molecule has 0 radical (unpaired) electrons. The van der Waals surface area contributed by atoms with Gasteiger partial charge in [-0.2, -0.15) is 0 Å². The number of esters is 1. The third-order valence-corrected chi connectivity index (χ3v) is 3.78. The molecule has 2 aromatic rings. The van der Waals surface area contributed by atoms with E-state index in [1.807, 2.05) is 19.1 Å². The van der Waals surface area contributed by atoms with Crippen LogP contribution in [0.2, 0.25) is 0 Å². The van der Waals surface area contributed by atoms with Gasteiger partial charge in [0.25, 0.3) is 5.91 Å². The van der Waals surface area contributed by atoms with Crippen molar-refractivity contribution in [1.29, 1.82) is 0 Å². The number of thiazole rings is 1. The molecule has 0 fully saturated rings. The van der Waals surface area contributed by atoms with Crippen LogP contribution in [0.3, 0.4) is 0 Å². The number of fused-ring (bicyclic) bond motifs is 1. The van der Waals surface area contributed by atoms with E-state index in [-0.39, 0.29) is 5.91 Å². The summed E-state index contributed by atoms with van der Waals surface area (Å²) in [7, 11) is 0. The standard InChI is InChI=1S/C14H12N2O3S/c1-8-2-3-9-7-11(19-13(18)10(9)6-8)12(17)16-14-15-4-5-20-14/h2-6,11H,7H2,1H3,(H,15,16,17). The molecule has 1 aromatic heterocycles. The Hall–Kier alpha value is -2.21. The van der Waals surface area contributed by atoms with Gasteiger partial charge in [-0.3, -0.25) is 10.1 Å². The number of carbonyl (C=O) groups is 2. The maximum absolute atomic E-state index is 12.1. The lowest BCUT2D eigenvalue weighted by atomic mass is 9.96. The van der Waals surface area contributed by atoms with E-state index in [2.05, 4.69) is 10.3 Å². The van der Waals surface area contributed by atoms with Gasteiger partial charge in [0.1, 0.15) is 0 Å². The van der Waals surface area contributed by atoms with Crippen LogP contribution in [-0.4, -0.2) is 23.0 Å². The topological polar surface area (TPSA) is 68.3 Å². The van der Waals surface area contributed by atoms with Crippen molar-refractivity contribution in [2.24, 2.45) is 0 Å². The molecule has 6 heteroatoms. The quantitative estimate of drug-likeness (QED) is 0.860. The Morgan fingerprint density at radius 2 is 2.35 bits per heavy atom. The number of benzene rings is 1. The number of cyclic esters (lactones) is 1. The molecule has 1 aliphatic heterocycles. The van der Waals surface area contributed by atoms with Crippen molar-refractivity contribution >= 4 is 28.3 Å². The van der Waals surface area contributed by atoms with Gasteiger partial charge < -0.3 is 4.74 Å². The molecule has 0 saturated carbocycles. The first-order chi connectivity index (χ1) is 9.63. The number of rotatable bonds is 2. The Morgan fingerprint density at radius 3 is 3.10 bits per heavy atom. The summed E-state index contributed by atoms with van der Waals surface area (Å²) in [4.78, 5) is 28.0. The summed E-state index contributed by atoms with van der Waals surface area (Å²) in [6.07, 6.45) is 1.19. The summed E-state index contributed by atoms with van der Waals surface area (Å²) >= 11 is 1.32. The van der Waals surface area contributed by atoms with E-state index in [1.54, 1.807) is 17.6 Å². The Labute approximate surface area is 119 Å². The molecular weight excluding hydrogens is 276 g/mol. The first-order valence-electron chi connectivity index (χ1n) is 6.14. The second-order valence-corrected chi connectivity index (χ2v) is 5.48. The fourth-order valence-electron chi connectivity index (χ4n) is 2.11. The number of nitrogens with one attached hydrogen (secondary N) is 1. The third kappa shape index (κ3) is 2.42. The first-order valence-corrected chi connectivity index (χ1v) is 7.02. The smallest absolute Gasteiger partial charge is 0.339 e. The fraction of sp³-hybridized carbons (Fsp3) is 0.214. The van der Waals surface area contributed by atoms with E-state index in [9.17, 15) is 9.59 Å². The molecule has 0 bridgehead atoms. The van der Waals surface area contributed by atoms with Crippen molar-refractivity contribution in [2.45, 2.75) is 19.4 Å². The molecule has 20 heavy (non-hydrogen) atoms. The largest absolute Gasteiger partial charge is 0.448 e. The number of aryl methyl sites for hydroxylation is 1. The van der Waals surface area contributed by atoms with Gasteiger partial charge in [-0.1, -0.05) is 17.7 Å². The van der Waals surface area contributed by atoms with Gasteiger partial charge in [-0.15, -0.1) is 11.3 Å². The van der Waals surface area contributed by atoms with E-state index in [0.717, 1.165) is 11.1 Å². The minimum absolute atomic E-state index is 0.348. The third-order valence-electron chi connectivity index (χ3n) is 3.09. The van der Waals surface area contributed by atoms with E-state index < -0.39 is 12.1 Å². The number of ether oxygens (including phenoxy) is 1. The van der Waals surface area contributed by atoms with Gasteiger partial charge in [0.15, 0.2) is 11.2 Å². The van der Waals surface area contributed by atoms with Crippen LogP contribution in [0.1, 0.15) is 21.5 Å². The van der Waals surface area contributed by atoms with Gasteiger partial charge >= 0.3 is 5.97 Å². The number of aromatic nitrogens is 1. The van der Waals surface area contributed by atoms with E-state index in [0.29, 0.717) is 17.1 Å². The normalized spacial score (nSPS) is 17.2. The van der Waals surface area contributed by atoms with Crippen LogP contribution in [0.25, 0.3) is 0 Å². The molecule has 102 valence electrons. The molecule has 0 aliphatic carbocycles. The number of amides is 1. The molecule has 0 saturated heterocycles. The lowest BCUT2D eigenvalue weighted by molar-refractivity contribution is -0.125. The predicted molar refractivity (Wildman–Crippen MR) is 74.8 cm³/mol. The van der Waals surface area contributed by atoms with Crippen LogP contribution < -0.4 is 5.32 Å². The Balaban J connectivity index is 1.79. The summed E-state index contributed by atoms with van der Waals surface area (Å²) in [5.74, 6) is -0.797. The molecule has 2 heterocycles. The van der Waals surface area contributed by atoms with Crippen molar-refractivity contribution in [1.82, 2.24) is 4.98 Å². The van der Waals surface area contributed by atoms with Crippen molar-refractivity contribution in [3.63, 3.8) is 0 Å². The zero-order valence-corrected chi connectivity index (χ0v) is 11.6. The lowest BCUT2D eigenvalue weighted by Gasteiger charge is -2.23. The average molecular weight is 288 g/mol. The van der Waals surface area contributed by atoms with Gasteiger partial charge in [0.05, 0.1) is 5.56 Å². The van der Waals surface area contributed by atoms with Crippen LogP contribution in [0.15, 0.2) is 29.8 Å². The molecule has 1 aromatic carbocycles. The van der Waals surface area contributed by atoms with Crippen LogP contribution in [-0.2, 0) is 16.0 Å². The second-order valence-electron chi connectivity index (χ2n) is 4.59. The highest BCUT2D eigenvalue weighted by atomic mass is 32.1. The number of nitrogens with zero attached hydrogens (tertiary/aromatic N) is 1. The maximum atomic E-state index is 12.1. The first kappa shape index (κ1) is 12.8. The zero-order chi connectivity index (χ0) is 14.1. The van der Waals surface area contributed by atoms with E-state index in [4.69, 9.17) is 4.74 Å². The van der Waals surface area contributed by atoms with Crippen LogP contribution in [0.4, 0.5) is 5.13 Å². The van der Waals surface area contributed by atoms with Gasteiger partial charge in [-0.05, 0) is 18.6 Å². The van der Waals surface area contributed by atoms with Gasteiger partial charge in [0.2, 0.25) is 0 Å². The summed E-state index contributed by atoms with van der Waals surface area (Å²) in [5, 5.41) is 4.91. The summed E-state index contributed by atoms with van der Waals surface area (Å²) < 4.78 is 5.20. The molecule has 1 amide bonds. The van der Waals surface area contributed by atoms with Crippen molar-refractivity contribution in [3.05, 3.63) is 46.5 Å². The fourth-order valence-corrected chi connectivity index (χ4v) is 2.64. The zero-order valence-electron chi connectivity index (χ0n) is 10.8. The van der Waals surface area contributed by atoms with Gasteiger partial charge in [0, 0.05) is 18.0 Å². The summed E-state index contributed by atoms with van der Waals surface area (Å²) in [5.41, 5.74) is 2.38. The maximum Gasteiger partial charge on any atom is 0.339 e. The van der Waals surface area contributed by atoms with Crippen molar-refractivity contribution in [3.8, 4) is 0 Å². The minimum atomic E-state index is -0.804. The predicted octanol–water partition coefficient (Wildman–Crippen LogP) is 2.17. The Morgan fingerprint density at radius 1 is 1.50 bits per heavy atom. The second kappa shape index (κ2) is 5.05. The molecule has 1 atom stereocenters. The molecule has 5 nitrogen and oxygen atoms in total. The Kier molecular flexibility index (Phi) is 3.23. The molecule has 3 rings (SSSR count). The lowest BCUT2D eigenvalue weighted by Crippen LogP contribution is -2.38. The average Bonchev–Trinajstić information content (AvgIpc) is 2.92. The highest BCUT2D eigenvalue weighted by Gasteiger charge is 2.31. The molecule has 1 N–H and O–H groups in total. The van der Waals surface area contributed by atoms with Crippen LogP contribution in [0, 0.1) is 6.92 Å². The minimum Gasteiger partial charge on any atom is -0.448 e. The van der Waals surface area contributed by atoms with Crippen LogP contribution >= 0.6 is 11.3 Å². The number of hydrogen-bond acceptors (Lipinski definition) is 5. The van der Waals surface area contributed by atoms with Gasteiger partial charge in [-0.25, -0.2) is 9.78 Å². The monoisotopic (exact) mass is 288 g/mol. The van der Waals surface area contributed by atoms with Crippen LogP contribution in [0.5, 0.6) is 0 Å².